The Morgan fingerprint density at radius 3 is 2.15 bits per heavy atom. The zero-order valence-corrected chi connectivity index (χ0v) is 34.4. The number of esters is 1. The van der Waals surface area contributed by atoms with Gasteiger partial charge in [-0.25, -0.2) is 0 Å². The lowest BCUT2D eigenvalue weighted by Crippen LogP contribution is -2.69. The Morgan fingerprint density at radius 1 is 0.981 bits per heavy atom. The van der Waals surface area contributed by atoms with Gasteiger partial charge in [-0.1, -0.05) is 20.8 Å². The Labute approximate surface area is 317 Å². The molecule has 3 saturated heterocycles. The molecule has 0 saturated carbocycles. The summed E-state index contributed by atoms with van der Waals surface area (Å²) in [6.07, 6.45) is -7.80. The van der Waals surface area contributed by atoms with Gasteiger partial charge in [0.25, 0.3) is 0 Å². The number of nitrogens with two attached hydrogens (primary N) is 1. The quantitative estimate of drug-likeness (QED) is 0.171. The van der Waals surface area contributed by atoms with Crippen molar-refractivity contribution in [2.24, 2.45) is 23.5 Å². The molecule has 3 heterocycles. The highest BCUT2D eigenvalue weighted by molar-refractivity contribution is 5.73. The number of carbonyl (C=O) groups is 1. The van der Waals surface area contributed by atoms with Crippen LogP contribution in [-0.4, -0.2) is 160 Å². The third-order valence-corrected chi connectivity index (χ3v) is 12.5. The van der Waals surface area contributed by atoms with Gasteiger partial charge in [0.05, 0.1) is 35.9 Å². The molecule has 3 aliphatic rings. The van der Waals surface area contributed by atoms with E-state index in [1.807, 2.05) is 32.8 Å². The van der Waals surface area contributed by atoms with Crippen molar-refractivity contribution >= 4 is 5.97 Å². The molecule has 3 aliphatic heterocycles. The van der Waals surface area contributed by atoms with Crippen LogP contribution in [0.2, 0.25) is 0 Å². The molecule has 0 aromatic rings. The van der Waals surface area contributed by atoms with E-state index in [0.29, 0.717) is 13.0 Å². The minimum Gasteiger partial charge on any atom is -0.459 e. The van der Waals surface area contributed by atoms with Gasteiger partial charge >= 0.3 is 5.97 Å². The molecule has 0 radical (unpaired) electrons. The fourth-order valence-electron chi connectivity index (χ4n) is 8.80. The molecule has 18 atom stereocenters. The summed E-state index contributed by atoms with van der Waals surface area (Å²) in [4.78, 5) is 16.1. The Bertz CT molecular complexity index is 1180. The molecule has 312 valence electrons. The second kappa shape index (κ2) is 18.0. The smallest absolute Gasteiger partial charge is 0.311 e. The van der Waals surface area contributed by atoms with E-state index in [9.17, 15) is 30.3 Å². The first-order valence-corrected chi connectivity index (χ1v) is 19.4. The SMILES string of the molecule is CCC1OC(=O)[C@H](C)[C@@H](O[C@H]2C[C@@](C)(OC)[C@](O)(CN)[C@H](C)O2)[C@H](C)[C@@H](O[C@@H]2O[C@H](C)C[C@H](N(C)C)[C@H]2O)[C@](C)(O)C[C@@H](C)CN[C@H](C)[C@@H](O)[C@]1(C)O. The first kappa shape index (κ1) is 46.3. The third-order valence-electron chi connectivity index (χ3n) is 12.5. The predicted molar refractivity (Wildman–Crippen MR) is 198 cm³/mol. The normalized spacial score (nSPS) is 49.9. The maximum absolute atomic E-state index is 14.2. The van der Waals surface area contributed by atoms with Crippen LogP contribution in [0.4, 0.5) is 0 Å². The summed E-state index contributed by atoms with van der Waals surface area (Å²) in [6.45, 7) is 17.5. The van der Waals surface area contributed by atoms with Crippen LogP contribution in [0.25, 0.3) is 0 Å². The highest BCUT2D eigenvalue weighted by atomic mass is 16.7. The predicted octanol–water partition coefficient (Wildman–Crippen LogP) is 0.887. The monoisotopic (exact) mass is 764 g/mol. The second-order valence-corrected chi connectivity index (χ2v) is 17.2. The number of methoxy groups -OCH3 is 1. The molecule has 3 rings (SSSR count). The summed E-state index contributed by atoms with van der Waals surface area (Å²) in [5.41, 5.74) is -0.111. The summed E-state index contributed by atoms with van der Waals surface area (Å²) in [5, 5.41) is 61.8. The molecule has 0 aromatic heterocycles. The molecule has 0 spiro atoms. The molecule has 53 heavy (non-hydrogen) atoms. The van der Waals surface area contributed by atoms with Gasteiger partial charge in [-0.2, -0.15) is 0 Å². The van der Waals surface area contributed by atoms with Crippen molar-refractivity contribution in [2.75, 3.05) is 34.3 Å². The zero-order valence-electron chi connectivity index (χ0n) is 34.4. The number of carbonyl (C=O) groups excluding carboxylic acids is 1. The average molecular weight is 764 g/mol. The standard InChI is InChI=1S/C38H73N3O12/c1-14-27-37(10,46)31(43)24(6)40-18-20(2)16-35(8,45)32(53-34-29(42)26(41(11)12)15-21(3)49-34)22(4)30(23(5)33(44)51-27)52-28-17-36(9,48-13)38(47,19-39)25(7)50-28/h20-32,34,40,42-43,45-47H,14-19,39H2,1-13H3/t20-,21-,22+,23-,24-,25+,26+,27?,28+,29-,30+,31-,32-,34+,35-,36-,37-,38+/m1/s1. The molecule has 1 unspecified atom stereocenters. The number of ether oxygens (including phenoxy) is 6. The molecule has 8 N–H and O–H groups in total. The van der Waals surface area contributed by atoms with Gasteiger partial charge in [-0.05, 0) is 94.3 Å². The van der Waals surface area contributed by atoms with Crippen LogP contribution in [0.5, 0.6) is 0 Å². The van der Waals surface area contributed by atoms with E-state index in [1.54, 1.807) is 48.5 Å². The summed E-state index contributed by atoms with van der Waals surface area (Å²) in [6, 6.07) is -0.884. The lowest BCUT2D eigenvalue weighted by molar-refractivity contribution is -0.335. The molecule has 0 bridgehead atoms. The van der Waals surface area contributed by atoms with E-state index < -0.39 is 95.5 Å². The number of nitrogens with one attached hydrogen (secondary N) is 1. The maximum atomic E-state index is 14.2. The van der Waals surface area contributed by atoms with Crippen molar-refractivity contribution in [3.8, 4) is 0 Å². The number of aliphatic hydroxyl groups is 5. The first-order valence-electron chi connectivity index (χ1n) is 19.4. The van der Waals surface area contributed by atoms with Crippen molar-refractivity contribution in [3.05, 3.63) is 0 Å². The number of cyclic esters (lactones) is 1. The van der Waals surface area contributed by atoms with Gasteiger partial charge in [-0.3, -0.25) is 4.79 Å². The van der Waals surface area contributed by atoms with Gasteiger partial charge in [-0.15, -0.1) is 0 Å². The second-order valence-electron chi connectivity index (χ2n) is 17.2. The number of rotatable bonds is 8. The van der Waals surface area contributed by atoms with E-state index in [0.717, 1.165) is 0 Å². The minimum absolute atomic E-state index is 0.0417. The molecule has 15 nitrogen and oxygen atoms in total. The van der Waals surface area contributed by atoms with Gasteiger partial charge < -0.3 is 69.9 Å². The molecule has 0 amide bonds. The van der Waals surface area contributed by atoms with Crippen LogP contribution in [0, 0.1) is 17.8 Å². The van der Waals surface area contributed by atoms with Crippen molar-refractivity contribution in [1.29, 1.82) is 0 Å². The van der Waals surface area contributed by atoms with E-state index >= 15 is 0 Å². The summed E-state index contributed by atoms with van der Waals surface area (Å²) in [5.74, 6) is -2.71. The van der Waals surface area contributed by atoms with Gasteiger partial charge in [0.15, 0.2) is 12.6 Å². The first-order chi connectivity index (χ1) is 24.4. The Balaban J connectivity index is 2.17. The van der Waals surface area contributed by atoms with Crippen molar-refractivity contribution in [1.82, 2.24) is 10.2 Å². The summed E-state index contributed by atoms with van der Waals surface area (Å²) < 4.78 is 37.7. The summed E-state index contributed by atoms with van der Waals surface area (Å²) >= 11 is 0. The van der Waals surface area contributed by atoms with E-state index in [-0.39, 0.29) is 43.9 Å². The number of hydrogen-bond donors (Lipinski definition) is 7. The topological polar surface area (TPSA) is 215 Å². The molecular weight excluding hydrogens is 690 g/mol. The lowest BCUT2D eigenvalue weighted by Gasteiger charge is -2.53. The Kier molecular flexibility index (Phi) is 15.8. The molecule has 0 aromatic carbocycles. The van der Waals surface area contributed by atoms with E-state index in [2.05, 4.69) is 5.32 Å². The number of aliphatic hydroxyl groups excluding tert-OH is 2. The van der Waals surface area contributed by atoms with Gasteiger partial charge in [0.1, 0.15) is 35.1 Å². The van der Waals surface area contributed by atoms with Crippen LogP contribution in [0.3, 0.4) is 0 Å². The zero-order chi connectivity index (χ0) is 40.4. The molecule has 0 aliphatic carbocycles. The number of nitrogens with zero attached hydrogens (tertiary/aromatic N) is 1. The van der Waals surface area contributed by atoms with Crippen molar-refractivity contribution in [2.45, 2.75) is 185 Å². The lowest BCUT2D eigenvalue weighted by atomic mass is 9.75. The van der Waals surface area contributed by atoms with Crippen LogP contribution < -0.4 is 11.1 Å². The largest absolute Gasteiger partial charge is 0.459 e. The van der Waals surface area contributed by atoms with Crippen molar-refractivity contribution in [3.63, 3.8) is 0 Å². The number of likely N-dealkylation sites (N-methyl/N-ethyl adjacent to an activating group) is 1. The Morgan fingerprint density at radius 2 is 1.60 bits per heavy atom. The highest BCUT2D eigenvalue weighted by Crippen LogP contribution is 2.43. The van der Waals surface area contributed by atoms with Gasteiger partial charge in [0.2, 0.25) is 0 Å². The van der Waals surface area contributed by atoms with Crippen LogP contribution >= 0.6 is 0 Å². The fraction of sp³-hybridized carbons (Fsp3) is 0.974. The summed E-state index contributed by atoms with van der Waals surface area (Å²) in [7, 11) is 5.23. The van der Waals surface area contributed by atoms with Crippen LogP contribution in [-0.2, 0) is 33.2 Å². The van der Waals surface area contributed by atoms with Crippen LogP contribution in [0.1, 0.15) is 94.9 Å². The molecular formula is C38H73N3O12. The van der Waals surface area contributed by atoms with E-state index in [4.69, 9.17) is 34.2 Å². The molecule has 15 heteroatoms. The van der Waals surface area contributed by atoms with E-state index in [1.165, 1.54) is 14.0 Å². The number of hydrogen-bond acceptors (Lipinski definition) is 15. The third kappa shape index (κ3) is 9.92. The minimum atomic E-state index is -1.82. The van der Waals surface area contributed by atoms with Crippen molar-refractivity contribution < 1.29 is 58.7 Å². The highest BCUT2D eigenvalue weighted by Gasteiger charge is 2.58. The van der Waals surface area contributed by atoms with Gasteiger partial charge in [0, 0.05) is 38.1 Å². The molecule has 3 fully saturated rings. The Hall–Kier alpha value is -1.05. The van der Waals surface area contributed by atoms with Crippen LogP contribution in [0.15, 0.2) is 0 Å². The fourth-order valence-corrected chi connectivity index (χ4v) is 8.80. The maximum Gasteiger partial charge on any atom is 0.311 e. The average Bonchev–Trinajstić information content (AvgIpc) is 3.08.